The summed E-state index contributed by atoms with van der Waals surface area (Å²) in [5.41, 5.74) is 12.5. The van der Waals surface area contributed by atoms with Gasteiger partial charge < -0.3 is 10.5 Å². The van der Waals surface area contributed by atoms with Crippen molar-refractivity contribution in [1.82, 2.24) is 9.88 Å². The molecule has 0 aliphatic heterocycles. The van der Waals surface area contributed by atoms with Gasteiger partial charge in [0.05, 0.1) is 12.6 Å². The van der Waals surface area contributed by atoms with Gasteiger partial charge in [0.15, 0.2) is 0 Å². The van der Waals surface area contributed by atoms with E-state index in [1.54, 1.807) is 7.11 Å². The third kappa shape index (κ3) is 5.35. The van der Waals surface area contributed by atoms with Gasteiger partial charge in [-0.05, 0) is 60.1 Å². The van der Waals surface area contributed by atoms with Crippen LogP contribution in [0.4, 0.5) is 5.69 Å². The molecule has 0 aliphatic rings. The van der Waals surface area contributed by atoms with Gasteiger partial charge in [-0.25, -0.2) is 0 Å². The van der Waals surface area contributed by atoms with Crippen LogP contribution in [-0.4, -0.2) is 24.0 Å². The number of ether oxygens (including phenoxy) is 1. The monoisotopic (exact) mass is 431 g/mol. The van der Waals surface area contributed by atoms with Gasteiger partial charge in [0, 0.05) is 41.3 Å². The lowest BCUT2D eigenvalue weighted by Gasteiger charge is -2.17. The van der Waals surface area contributed by atoms with E-state index >= 15 is 0 Å². The number of anilines is 1. The molecule has 0 saturated carbocycles. The molecular formula is C26H26ClN3O. The molecule has 4 nitrogen and oxygen atoms in total. The van der Waals surface area contributed by atoms with Crippen LogP contribution in [0.1, 0.15) is 22.4 Å². The van der Waals surface area contributed by atoms with E-state index in [-0.39, 0.29) is 0 Å². The fourth-order valence-electron chi connectivity index (χ4n) is 3.83. The summed E-state index contributed by atoms with van der Waals surface area (Å²) in [5.74, 6) is 0.879. The topological polar surface area (TPSA) is 51.4 Å². The summed E-state index contributed by atoms with van der Waals surface area (Å²) in [5, 5.41) is 1.60. The molecule has 0 atom stereocenters. The smallest absolute Gasteiger partial charge is 0.118 e. The van der Waals surface area contributed by atoms with Crippen LogP contribution < -0.4 is 10.5 Å². The van der Waals surface area contributed by atoms with E-state index in [4.69, 9.17) is 27.1 Å². The van der Waals surface area contributed by atoms with E-state index in [0.717, 1.165) is 47.5 Å². The van der Waals surface area contributed by atoms with Crippen molar-refractivity contribution in [2.45, 2.75) is 19.5 Å². The van der Waals surface area contributed by atoms with E-state index < -0.39 is 0 Å². The molecule has 4 aromatic rings. The summed E-state index contributed by atoms with van der Waals surface area (Å²) in [4.78, 5) is 7.07. The first-order chi connectivity index (χ1) is 15.0. The first kappa shape index (κ1) is 21.2. The maximum atomic E-state index is 6.25. The predicted octanol–water partition coefficient (Wildman–Crippen LogP) is 5.70. The third-order valence-corrected chi connectivity index (χ3v) is 5.53. The lowest BCUT2D eigenvalue weighted by Crippen LogP contribution is -2.17. The van der Waals surface area contributed by atoms with Crippen molar-refractivity contribution in [3.8, 4) is 5.75 Å². The summed E-state index contributed by atoms with van der Waals surface area (Å²) in [6.07, 6.45) is 0.725. The number of fused-ring (bicyclic) bond motifs is 1. The van der Waals surface area contributed by atoms with E-state index in [2.05, 4.69) is 48.3 Å². The van der Waals surface area contributed by atoms with Crippen molar-refractivity contribution in [1.29, 1.82) is 0 Å². The van der Waals surface area contributed by atoms with Crippen molar-refractivity contribution in [2.24, 2.45) is 0 Å². The van der Waals surface area contributed by atoms with Gasteiger partial charge in [-0.1, -0.05) is 48.0 Å². The average molecular weight is 432 g/mol. The second kappa shape index (κ2) is 9.38. The van der Waals surface area contributed by atoms with Crippen molar-refractivity contribution in [3.63, 3.8) is 0 Å². The maximum Gasteiger partial charge on any atom is 0.118 e. The molecule has 0 unspecified atom stereocenters. The van der Waals surface area contributed by atoms with E-state index in [9.17, 15) is 0 Å². The number of aromatic nitrogens is 1. The molecule has 0 spiro atoms. The Kier molecular flexibility index (Phi) is 6.40. The van der Waals surface area contributed by atoms with E-state index in [1.807, 2.05) is 36.4 Å². The average Bonchev–Trinajstić information content (AvgIpc) is 2.74. The molecule has 2 N–H and O–H groups in total. The Morgan fingerprint density at radius 3 is 2.42 bits per heavy atom. The Hall–Kier alpha value is -3.08. The lowest BCUT2D eigenvalue weighted by atomic mass is 10.0. The molecule has 1 aromatic heterocycles. The van der Waals surface area contributed by atoms with Crippen molar-refractivity contribution in [2.75, 3.05) is 19.9 Å². The SMILES string of the molecule is COc1ccc(CN(C)Cc2cccc(Cc3cc(N)c4ccc(Cl)cc4n3)c2)cc1. The molecule has 0 saturated heterocycles. The summed E-state index contributed by atoms with van der Waals surface area (Å²) >= 11 is 6.13. The van der Waals surface area contributed by atoms with Crippen molar-refractivity contribution >= 4 is 28.2 Å². The van der Waals surface area contributed by atoms with Crippen LogP contribution in [0.3, 0.4) is 0 Å². The number of halogens is 1. The number of nitrogens with two attached hydrogens (primary N) is 1. The number of nitrogen functional groups attached to an aromatic ring is 1. The molecule has 0 radical (unpaired) electrons. The number of rotatable bonds is 7. The van der Waals surface area contributed by atoms with Gasteiger partial charge in [0.25, 0.3) is 0 Å². The molecule has 0 aliphatic carbocycles. The maximum absolute atomic E-state index is 6.25. The quantitative estimate of drug-likeness (QED) is 0.407. The zero-order valence-corrected chi connectivity index (χ0v) is 18.6. The van der Waals surface area contributed by atoms with Crippen LogP contribution in [-0.2, 0) is 19.5 Å². The highest BCUT2D eigenvalue weighted by atomic mass is 35.5. The highest BCUT2D eigenvalue weighted by molar-refractivity contribution is 6.31. The minimum absolute atomic E-state index is 0.665. The predicted molar refractivity (Wildman–Crippen MR) is 129 cm³/mol. The highest BCUT2D eigenvalue weighted by Gasteiger charge is 2.07. The molecule has 0 amide bonds. The first-order valence-corrected chi connectivity index (χ1v) is 10.6. The summed E-state index contributed by atoms with van der Waals surface area (Å²) < 4.78 is 5.24. The van der Waals surface area contributed by atoms with Crippen LogP contribution in [0.15, 0.2) is 72.8 Å². The van der Waals surface area contributed by atoms with Crippen molar-refractivity contribution < 1.29 is 4.74 Å². The third-order valence-electron chi connectivity index (χ3n) is 5.30. The summed E-state index contributed by atoms with van der Waals surface area (Å²) in [6, 6.07) is 24.4. The van der Waals surface area contributed by atoms with Gasteiger partial charge >= 0.3 is 0 Å². The number of nitrogens with zero attached hydrogens (tertiary/aromatic N) is 2. The standard InChI is InChI=1S/C26H26ClN3O/c1-30(16-18-6-9-23(31-2)10-7-18)17-20-5-3-4-19(12-20)13-22-15-25(28)24-11-8-21(27)14-26(24)29-22/h3-12,14-15H,13,16-17H2,1-2H3,(H2,28,29). The zero-order chi connectivity index (χ0) is 21.8. The van der Waals surface area contributed by atoms with Crippen LogP contribution in [0.5, 0.6) is 5.75 Å². The van der Waals surface area contributed by atoms with E-state index in [1.165, 1.54) is 16.7 Å². The highest BCUT2D eigenvalue weighted by Crippen LogP contribution is 2.25. The minimum Gasteiger partial charge on any atom is -0.497 e. The number of benzene rings is 3. The van der Waals surface area contributed by atoms with Gasteiger partial charge in [0.2, 0.25) is 0 Å². The number of methoxy groups -OCH3 is 1. The Balaban J connectivity index is 1.46. The molecule has 4 rings (SSSR count). The van der Waals surface area contributed by atoms with Crippen LogP contribution in [0.25, 0.3) is 10.9 Å². The minimum atomic E-state index is 0.665. The van der Waals surface area contributed by atoms with Crippen LogP contribution in [0, 0.1) is 0 Å². The van der Waals surface area contributed by atoms with Gasteiger partial charge in [0.1, 0.15) is 5.75 Å². The van der Waals surface area contributed by atoms with Crippen LogP contribution in [0.2, 0.25) is 5.02 Å². The number of pyridine rings is 1. The fraction of sp³-hybridized carbons (Fsp3) is 0.192. The second-order valence-electron chi connectivity index (χ2n) is 7.88. The molecule has 158 valence electrons. The molecule has 1 heterocycles. The summed E-state index contributed by atoms with van der Waals surface area (Å²) in [6.45, 7) is 1.74. The van der Waals surface area contributed by atoms with E-state index in [0.29, 0.717) is 5.02 Å². The molecule has 5 heteroatoms. The first-order valence-electron chi connectivity index (χ1n) is 10.2. The Labute approximate surface area is 188 Å². The molecular weight excluding hydrogens is 406 g/mol. The number of hydrogen-bond acceptors (Lipinski definition) is 4. The largest absolute Gasteiger partial charge is 0.497 e. The zero-order valence-electron chi connectivity index (χ0n) is 17.8. The normalized spacial score (nSPS) is 11.2. The van der Waals surface area contributed by atoms with Gasteiger partial charge in [-0.3, -0.25) is 9.88 Å². The molecule has 31 heavy (non-hydrogen) atoms. The van der Waals surface area contributed by atoms with Crippen LogP contribution >= 0.6 is 11.6 Å². The molecule has 0 fully saturated rings. The molecule has 0 bridgehead atoms. The lowest BCUT2D eigenvalue weighted by molar-refractivity contribution is 0.319. The van der Waals surface area contributed by atoms with Crippen molar-refractivity contribution in [3.05, 3.63) is 100 Å². The number of hydrogen-bond donors (Lipinski definition) is 1. The Morgan fingerprint density at radius 1 is 0.903 bits per heavy atom. The fourth-order valence-corrected chi connectivity index (χ4v) is 4.00. The van der Waals surface area contributed by atoms with Gasteiger partial charge in [-0.2, -0.15) is 0 Å². The second-order valence-corrected chi connectivity index (χ2v) is 8.32. The summed E-state index contributed by atoms with van der Waals surface area (Å²) in [7, 11) is 3.82. The Morgan fingerprint density at radius 2 is 1.65 bits per heavy atom. The van der Waals surface area contributed by atoms with Gasteiger partial charge in [-0.15, -0.1) is 0 Å². The molecule has 3 aromatic carbocycles. The Bertz CT molecular complexity index is 1190.